The van der Waals surface area contributed by atoms with Gasteiger partial charge < -0.3 is 10.5 Å². The van der Waals surface area contributed by atoms with Crippen LogP contribution in [0.25, 0.3) is 0 Å². The molecule has 120 valence electrons. The van der Waals surface area contributed by atoms with Crippen LogP contribution in [-0.2, 0) is 20.0 Å². The molecule has 0 fully saturated rings. The smallest absolute Gasteiger partial charge is 0.242 e. The lowest BCUT2D eigenvalue weighted by atomic mass is 10.3. The lowest BCUT2D eigenvalue weighted by Crippen LogP contribution is -2.34. The molecule has 0 amide bonds. The lowest BCUT2D eigenvalue weighted by molar-refractivity contribution is 0.414. The van der Waals surface area contributed by atoms with Crippen LogP contribution in [-0.4, -0.2) is 42.8 Å². The van der Waals surface area contributed by atoms with Gasteiger partial charge in [0.15, 0.2) is 0 Å². The highest BCUT2D eigenvalue weighted by Crippen LogP contribution is 2.23. The second-order valence-corrected chi connectivity index (χ2v) is 7.78. The van der Waals surface area contributed by atoms with Gasteiger partial charge in [-0.2, -0.15) is 0 Å². The van der Waals surface area contributed by atoms with Crippen LogP contribution in [0.2, 0.25) is 0 Å². The molecule has 8 nitrogen and oxygen atoms in total. The molecule has 10 heteroatoms. The molecule has 0 radical (unpaired) electrons. The number of nitrogens with two attached hydrogens (primary N) is 1. The predicted octanol–water partition coefficient (Wildman–Crippen LogP) is -0.505. The molecular weight excluding hydrogens is 318 g/mol. The first kappa shape index (κ1) is 17.7. The molecule has 0 aliphatic rings. The van der Waals surface area contributed by atoms with E-state index in [0.717, 1.165) is 0 Å². The van der Waals surface area contributed by atoms with Gasteiger partial charge in [0, 0.05) is 19.2 Å². The van der Waals surface area contributed by atoms with Gasteiger partial charge in [-0.15, -0.1) is 0 Å². The Morgan fingerprint density at radius 2 is 1.86 bits per heavy atom. The number of hydrogen-bond acceptors (Lipinski definition) is 6. The predicted molar refractivity (Wildman–Crippen MR) is 80.1 cm³/mol. The van der Waals surface area contributed by atoms with E-state index in [1.54, 1.807) is 6.92 Å². The monoisotopic (exact) mass is 337 g/mol. The number of anilines is 1. The fraction of sp³-hybridized carbons (Fsp3) is 0.455. The van der Waals surface area contributed by atoms with Gasteiger partial charge in [0.05, 0.1) is 18.6 Å². The van der Waals surface area contributed by atoms with Gasteiger partial charge in [-0.1, -0.05) is 6.92 Å². The van der Waals surface area contributed by atoms with Crippen molar-refractivity contribution in [2.24, 2.45) is 0 Å². The number of nitrogen functional groups attached to an aromatic ring is 1. The van der Waals surface area contributed by atoms with E-state index in [9.17, 15) is 16.8 Å². The minimum atomic E-state index is -3.88. The van der Waals surface area contributed by atoms with Crippen LogP contribution in [0.4, 0.5) is 5.69 Å². The number of rotatable bonds is 8. The summed E-state index contributed by atoms with van der Waals surface area (Å²) in [7, 11) is -5.92. The number of nitrogens with one attached hydrogen (secondary N) is 2. The number of sulfonamides is 2. The molecule has 0 aliphatic heterocycles. The minimum absolute atomic E-state index is 0.0244. The second kappa shape index (κ2) is 7.07. The summed E-state index contributed by atoms with van der Waals surface area (Å²) < 4.78 is 56.3. The molecule has 4 N–H and O–H groups in total. The molecule has 0 saturated carbocycles. The van der Waals surface area contributed by atoms with Crippen LogP contribution in [0.15, 0.2) is 23.1 Å². The van der Waals surface area contributed by atoms with E-state index in [4.69, 9.17) is 10.5 Å². The molecule has 1 aromatic carbocycles. The Balaban J connectivity index is 2.79. The van der Waals surface area contributed by atoms with E-state index in [2.05, 4.69) is 9.44 Å². The first-order valence-corrected chi connectivity index (χ1v) is 9.26. The van der Waals surface area contributed by atoms with Crippen molar-refractivity contribution in [3.8, 4) is 5.75 Å². The molecule has 0 aromatic heterocycles. The summed E-state index contributed by atoms with van der Waals surface area (Å²) in [5.74, 6) is 0.0806. The van der Waals surface area contributed by atoms with Crippen LogP contribution in [0.1, 0.15) is 6.92 Å². The summed E-state index contributed by atoms with van der Waals surface area (Å²) in [6.07, 6.45) is 0. The SMILES string of the molecule is CCNS(=O)(=O)CCNS(=O)(=O)c1ccc(OC)cc1N. The van der Waals surface area contributed by atoms with E-state index in [1.807, 2.05) is 0 Å². The van der Waals surface area contributed by atoms with Crippen molar-refractivity contribution in [3.05, 3.63) is 18.2 Å². The van der Waals surface area contributed by atoms with Crippen molar-refractivity contribution >= 4 is 25.7 Å². The molecule has 21 heavy (non-hydrogen) atoms. The number of methoxy groups -OCH3 is 1. The third kappa shape index (κ3) is 5.16. The highest BCUT2D eigenvalue weighted by Gasteiger charge is 2.19. The van der Waals surface area contributed by atoms with Gasteiger partial charge in [-0.05, 0) is 12.1 Å². The quantitative estimate of drug-likeness (QED) is 0.549. The fourth-order valence-electron chi connectivity index (χ4n) is 1.58. The Morgan fingerprint density at radius 1 is 1.19 bits per heavy atom. The Kier molecular flexibility index (Phi) is 5.96. The summed E-state index contributed by atoms with van der Waals surface area (Å²) in [6, 6.07) is 4.14. The van der Waals surface area contributed by atoms with E-state index in [1.165, 1.54) is 25.3 Å². The van der Waals surface area contributed by atoms with Crippen LogP contribution in [0.5, 0.6) is 5.75 Å². The van der Waals surface area contributed by atoms with Crippen molar-refractivity contribution in [1.82, 2.24) is 9.44 Å². The van der Waals surface area contributed by atoms with E-state index in [0.29, 0.717) is 5.75 Å². The maximum Gasteiger partial charge on any atom is 0.242 e. The van der Waals surface area contributed by atoms with Crippen LogP contribution >= 0.6 is 0 Å². The standard InChI is InChI=1S/C11H19N3O5S2/c1-3-13-20(15,16)7-6-14-21(17,18)11-5-4-9(19-2)8-10(11)12/h4-5,8,13-14H,3,6-7,12H2,1-2H3. The summed E-state index contributed by atoms with van der Waals surface area (Å²) in [5.41, 5.74) is 5.68. The van der Waals surface area contributed by atoms with Crippen molar-refractivity contribution in [1.29, 1.82) is 0 Å². The van der Waals surface area contributed by atoms with Gasteiger partial charge in [0.2, 0.25) is 20.0 Å². The maximum absolute atomic E-state index is 12.0. The Bertz CT molecular complexity index is 686. The summed E-state index contributed by atoms with van der Waals surface area (Å²) in [5, 5.41) is 0. The molecule has 0 saturated heterocycles. The highest BCUT2D eigenvalue weighted by molar-refractivity contribution is 7.90. The first-order valence-electron chi connectivity index (χ1n) is 6.12. The maximum atomic E-state index is 12.0. The fourth-order valence-corrected chi connectivity index (χ4v) is 3.81. The zero-order valence-electron chi connectivity index (χ0n) is 11.8. The normalized spacial score (nSPS) is 12.3. The van der Waals surface area contributed by atoms with Gasteiger partial charge >= 0.3 is 0 Å². The molecule has 0 atom stereocenters. The van der Waals surface area contributed by atoms with Crippen LogP contribution in [0.3, 0.4) is 0 Å². The van der Waals surface area contributed by atoms with Crippen molar-refractivity contribution in [3.63, 3.8) is 0 Å². The number of ether oxygens (including phenoxy) is 1. The third-order valence-corrected chi connectivity index (χ3v) is 5.54. The highest BCUT2D eigenvalue weighted by atomic mass is 32.2. The molecule has 0 bridgehead atoms. The van der Waals surface area contributed by atoms with E-state index < -0.39 is 20.0 Å². The zero-order valence-corrected chi connectivity index (χ0v) is 13.4. The van der Waals surface area contributed by atoms with Crippen LogP contribution < -0.4 is 19.9 Å². The molecule has 1 rings (SSSR count). The molecule has 0 aliphatic carbocycles. The average Bonchev–Trinajstić information content (AvgIpc) is 2.37. The largest absolute Gasteiger partial charge is 0.497 e. The van der Waals surface area contributed by atoms with Crippen molar-refractivity contribution < 1.29 is 21.6 Å². The van der Waals surface area contributed by atoms with Gasteiger partial charge in [0.1, 0.15) is 10.6 Å². The first-order chi connectivity index (χ1) is 9.72. The Morgan fingerprint density at radius 3 is 2.38 bits per heavy atom. The lowest BCUT2D eigenvalue weighted by Gasteiger charge is -2.10. The molecular formula is C11H19N3O5S2. The molecule has 0 spiro atoms. The summed E-state index contributed by atoms with van der Waals surface area (Å²) in [6.45, 7) is 1.64. The second-order valence-electron chi connectivity index (χ2n) is 4.12. The van der Waals surface area contributed by atoms with Crippen LogP contribution in [0, 0.1) is 0 Å². The van der Waals surface area contributed by atoms with Gasteiger partial charge in [0.25, 0.3) is 0 Å². The summed E-state index contributed by atoms with van der Waals surface area (Å²) in [4.78, 5) is -0.121. The van der Waals surface area contributed by atoms with Crippen molar-refractivity contribution in [2.75, 3.05) is 31.7 Å². The topological polar surface area (TPSA) is 128 Å². The average molecular weight is 337 g/mol. The number of hydrogen-bond donors (Lipinski definition) is 3. The molecule has 1 aromatic rings. The van der Waals surface area contributed by atoms with E-state index in [-0.39, 0.29) is 29.4 Å². The zero-order chi connectivity index (χ0) is 16.1. The van der Waals surface area contributed by atoms with E-state index >= 15 is 0 Å². The Hall–Kier alpha value is -1.36. The molecule has 0 heterocycles. The van der Waals surface area contributed by atoms with Gasteiger partial charge in [-0.3, -0.25) is 0 Å². The summed E-state index contributed by atoms with van der Waals surface area (Å²) >= 11 is 0. The number of benzene rings is 1. The Labute approximate surface area is 124 Å². The molecule has 0 unspecified atom stereocenters. The van der Waals surface area contributed by atoms with Crippen molar-refractivity contribution in [2.45, 2.75) is 11.8 Å². The van der Waals surface area contributed by atoms with Gasteiger partial charge in [-0.25, -0.2) is 26.3 Å². The minimum Gasteiger partial charge on any atom is -0.497 e. The third-order valence-electron chi connectivity index (χ3n) is 2.53.